The number of nitrogens with zero attached hydrogens (tertiary/aromatic N) is 2. The zero-order chi connectivity index (χ0) is 40.8. The molecule has 0 aliphatic carbocycles. The summed E-state index contributed by atoms with van der Waals surface area (Å²) in [6.07, 6.45) is 48.0. The van der Waals surface area contributed by atoms with Crippen molar-refractivity contribution in [3.8, 4) is 0 Å². The second-order valence-electron chi connectivity index (χ2n) is 15.4. The number of ether oxygens (including phenoxy) is 2. The lowest BCUT2D eigenvalue weighted by molar-refractivity contribution is -0.144. The van der Waals surface area contributed by atoms with Crippen molar-refractivity contribution in [3.05, 3.63) is 48.6 Å². The fourth-order valence-corrected chi connectivity index (χ4v) is 8.20. The van der Waals surface area contributed by atoms with E-state index >= 15 is 0 Å². The predicted molar refractivity (Wildman–Crippen MR) is 250 cm³/mol. The molecule has 0 amide bonds. The number of allylic oxidation sites excluding steroid dienone is 8. The molecule has 0 aliphatic rings. The number of carbonyl (C=O) groups is 2. The van der Waals surface area contributed by atoms with E-state index in [1.165, 1.54) is 116 Å². The van der Waals surface area contributed by atoms with Gasteiger partial charge in [0.2, 0.25) is 0 Å². The summed E-state index contributed by atoms with van der Waals surface area (Å²) in [5.41, 5.74) is 0. The molecule has 0 aromatic rings. The summed E-state index contributed by atoms with van der Waals surface area (Å²) >= 11 is 0. The summed E-state index contributed by atoms with van der Waals surface area (Å²) in [5, 5.41) is 0. The van der Waals surface area contributed by atoms with Gasteiger partial charge in [-0.2, -0.15) is 0 Å². The Morgan fingerprint density at radius 1 is 0.446 bits per heavy atom. The molecule has 0 atom stereocenters. The number of hydrogen-bond donors (Lipinski definition) is 0. The highest BCUT2D eigenvalue weighted by Gasteiger charge is 2.13. The molecule has 0 saturated heterocycles. The van der Waals surface area contributed by atoms with Crippen molar-refractivity contribution in [1.29, 1.82) is 0 Å². The first-order valence-electron chi connectivity index (χ1n) is 23.0. The lowest BCUT2D eigenvalue weighted by Crippen LogP contribution is -2.31. The fraction of sp³-hybridized carbons (Fsp3) is 0.792. The van der Waals surface area contributed by atoms with E-state index in [4.69, 9.17) is 9.47 Å². The monoisotopic (exact) mass is 821 g/mol. The van der Waals surface area contributed by atoms with Gasteiger partial charge >= 0.3 is 11.9 Å². The highest BCUT2D eigenvalue weighted by molar-refractivity contribution is 8.76. The number of esters is 2. The second kappa shape index (κ2) is 46.2. The van der Waals surface area contributed by atoms with Crippen molar-refractivity contribution in [2.24, 2.45) is 0 Å². The van der Waals surface area contributed by atoms with Gasteiger partial charge in [0.05, 0.1) is 26.1 Å². The topological polar surface area (TPSA) is 59.1 Å². The number of unbranched alkanes of at least 4 members (excludes halogenated alkanes) is 18. The smallest absolute Gasteiger partial charge is 0.307 e. The van der Waals surface area contributed by atoms with Crippen molar-refractivity contribution in [1.82, 2.24) is 9.80 Å². The number of hydrogen-bond acceptors (Lipinski definition) is 8. The zero-order valence-corrected chi connectivity index (χ0v) is 38.6. The molecule has 8 heteroatoms. The van der Waals surface area contributed by atoms with Crippen molar-refractivity contribution >= 4 is 33.5 Å². The van der Waals surface area contributed by atoms with Crippen molar-refractivity contribution in [3.63, 3.8) is 0 Å². The Labute approximate surface area is 355 Å². The van der Waals surface area contributed by atoms with Gasteiger partial charge in [0.15, 0.2) is 0 Å². The molecule has 0 bridgehead atoms. The molecule has 0 radical (unpaired) electrons. The third kappa shape index (κ3) is 45.2. The van der Waals surface area contributed by atoms with Crippen LogP contribution >= 0.6 is 21.6 Å². The molecule has 0 aromatic heterocycles. The maximum Gasteiger partial charge on any atom is 0.307 e. The summed E-state index contributed by atoms with van der Waals surface area (Å²) in [6, 6.07) is 0. The van der Waals surface area contributed by atoms with E-state index in [1.807, 2.05) is 21.6 Å². The molecule has 0 saturated carbocycles. The van der Waals surface area contributed by atoms with E-state index in [-0.39, 0.29) is 11.9 Å². The molecule has 0 N–H and O–H groups in total. The summed E-state index contributed by atoms with van der Waals surface area (Å²) in [7, 11) is 7.94. The van der Waals surface area contributed by atoms with Crippen LogP contribution in [0.5, 0.6) is 0 Å². The van der Waals surface area contributed by atoms with Gasteiger partial charge in [-0.05, 0) is 91.1 Å². The zero-order valence-electron chi connectivity index (χ0n) is 37.0. The van der Waals surface area contributed by atoms with E-state index < -0.39 is 0 Å². The third-order valence-corrected chi connectivity index (χ3v) is 12.0. The first kappa shape index (κ1) is 54.5. The molecule has 0 aliphatic heterocycles. The van der Waals surface area contributed by atoms with Crippen LogP contribution in [0.2, 0.25) is 0 Å². The van der Waals surface area contributed by atoms with E-state index in [0.717, 1.165) is 63.1 Å². The second-order valence-corrected chi connectivity index (χ2v) is 18.1. The van der Waals surface area contributed by atoms with E-state index in [0.29, 0.717) is 39.1 Å². The molecule has 0 rings (SSSR count). The van der Waals surface area contributed by atoms with E-state index in [1.54, 1.807) is 0 Å². The minimum absolute atomic E-state index is 0.134. The van der Waals surface area contributed by atoms with Crippen LogP contribution in [-0.4, -0.2) is 86.7 Å². The molecular formula is C48H88N2O4S2. The minimum Gasteiger partial charge on any atom is -0.466 e. The van der Waals surface area contributed by atoms with Crippen LogP contribution in [0.3, 0.4) is 0 Å². The Balaban J connectivity index is 4.06. The Morgan fingerprint density at radius 2 is 0.804 bits per heavy atom. The number of rotatable bonds is 43. The molecule has 6 nitrogen and oxygen atoms in total. The van der Waals surface area contributed by atoms with Crippen LogP contribution in [0.4, 0.5) is 0 Å². The number of carbonyl (C=O) groups excluding carboxylic acids is 2. The standard InChI is InChI=1S/C48H88N2O4S2/c1-5-7-9-11-13-15-17-19-21-23-25-27-29-31-33-35-43-53-47(51)37-39-50(42-46-56-55-45-41-49(3)4)40-38-48(52)54-44-36-34-32-30-28-26-24-22-20-18-16-14-12-10-8-6-2/h13-16,19-22H,5-12,17-18,23-46H2,1-4H3/b15-13-,16-14-,21-19-,22-20-. The Kier molecular flexibility index (Phi) is 45.0. The molecule has 0 fully saturated rings. The summed E-state index contributed by atoms with van der Waals surface area (Å²) in [4.78, 5) is 29.5. The average Bonchev–Trinajstić information content (AvgIpc) is 3.19. The van der Waals surface area contributed by atoms with Gasteiger partial charge in [0, 0.05) is 37.7 Å². The maximum absolute atomic E-state index is 12.5. The van der Waals surface area contributed by atoms with Crippen LogP contribution in [-0.2, 0) is 19.1 Å². The van der Waals surface area contributed by atoms with Gasteiger partial charge in [-0.3, -0.25) is 9.59 Å². The van der Waals surface area contributed by atoms with Crippen LogP contribution in [0, 0.1) is 0 Å². The third-order valence-electron chi connectivity index (χ3n) is 9.68. The molecule has 326 valence electrons. The summed E-state index contributed by atoms with van der Waals surface area (Å²) in [5.74, 6) is 1.78. The highest BCUT2D eigenvalue weighted by Crippen LogP contribution is 2.21. The van der Waals surface area contributed by atoms with Crippen LogP contribution in [0.25, 0.3) is 0 Å². The molecule has 0 heterocycles. The lowest BCUT2D eigenvalue weighted by atomic mass is 10.1. The predicted octanol–water partition coefficient (Wildman–Crippen LogP) is 13.7. The fourth-order valence-electron chi connectivity index (χ4n) is 6.04. The molecule has 0 spiro atoms. The van der Waals surface area contributed by atoms with E-state index in [2.05, 4.69) is 86.4 Å². The molecule has 0 aromatic carbocycles. The molecular weight excluding hydrogens is 733 g/mol. The Hall–Kier alpha value is -1.48. The largest absolute Gasteiger partial charge is 0.466 e. The van der Waals surface area contributed by atoms with Crippen LogP contribution in [0.1, 0.15) is 181 Å². The Morgan fingerprint density at radius 3 is 1.20 bits per heavy atom. The first-order valence-corrected chi connectivity index (χ1v) is 25.5. The van der Waals surface area contributed by atoms with Gasteiger partial charge in [-0.25, -0.2) is 0 Å². The normalized spacial score (nSPS) is 12.2. The van der Waals surface area contributed by atoms with Crippen LogP contribution < -0.4 is 0 Å². The minimum atomic E-state index is -0.134. The van der Waals surface area contributed by atoms with Gasteiger partial charge < -0.3 is 19.3 Å². The van der Waals surface area contributed by atoms with Crippen molar-refractivity contribution in [2.45, 2.75) is 181 Å². The first-order chi connectivity index (χ1) is 27.5. The average molecular weight is 821 g/mol. The molecule has 56 heavy (non-hydrogen) atoms. The maximum atomic E-state index is 12.5. The quantitative estimate of drug-likeness (QED) is 0.0261. The van der Waals surface area contributed by atoms with Gasteiger partial charge in [0.1, 0.15) is 0 Å². The van der Waals surface area contributed by atoms with Crippen molar-refractivity contribution in [2.75, 3.05) is 65.0 Å². The lowest BCUT2D eigenvalue weighted by Gasteiger charge is -2.21. The van der Waals surface area contributed by atoms with Crippen molar-refractivity contribution < 1.29 is 19.1 Å². The molecule has 0 unspecified atom stereocenters. The van der Waals surface area contributed by atoms with Gasteiger partial charge in [-0.15, -0.1) is 0 Å². The van der Waals surface area contributed by atoms with E-state index in [9.17, 15) is 9.59 Å². The van der Waals surface area contributed by atoms with Gasteiger partial charge in [0.25, 0.3) is 0 Å². The van der Waals surface area contributed by atoms with Gasteiger partial charge in [-0.1, -0.05) is 161 Å². The summed E-state index contributed by atoms with van der Waals surface area (Å²) in [6.45, 7) is 8.65. The summed E-state index contributed by atoms with van der Waals surface area (Å²) < 4.78 is 11.1. The SMILES string of the molecule is CCCCC/C=C\C/C=C\CCCCCCCCOC(=O)CCN(CCSSCCN(C)C)CCC(=O)OCCCCCCCC/C=C\C/C=C\CCCCC. The highest BCUT2D eigenvalue weighted by atomic mass is 33.1. The van der Waals surface area contributed by atoms with Crippen LogP contribution in [0.15, 0.2) is 48.6 Å². The Bertz CT molecular complexity index is 903.